The van der Waals surface area contributed by atoms with E-state index in [9.17, 15) is 9.90 Å². The average molecular weight is 338 g/mol. The molecule has 1 aromatic rings. The lowest BCUT2D eigenvalue weighted by molar-refractivity contribution is -0.149. The highest BCUT2D eigenvalue weighted by Crippen LogP contribution is 2.17. The molecule has 0 heterocycles. The first-order chi connectivity index (χ1) is 12.2. The SMILES string of the molecule is COCC(=O)OC1C#CCCCCC#C/C1=C/c1ccccc1CO. The molecule has 1 atom stereocenters. The number of aliphatic hydroxyl groups is 1. The van der Waals surface area contributed by atoms with Crippen LogP contribution in [0.1, 0.15) is 36.8 Å². The lowest BCUT2D eigenvalue weighted by Gasteiger charge is -2.14. The maximum Gasteiger partial charge on any atom is 0.333 e. The van der Waals surface area contributed by atoms with Crippen LogP contribution in [-0.2, 0) is 20.9 Å². The van der Waals surface area contributed by atoms with Crippen molar-refractivity contribution in [2.24, 2.45) is 0 Å². The second kappa shape index (κ2) is 10.4. The highest BCUT2D eigenvalue weighted by Gasteiger charge is 2.17. The van der Waals surface area contributed by atoms with Crippen LogP contribution in [0.3, 0.4) is 0 Å². The van der Waals surface area contributed by atoms with Crippen molar-refractivity contribution in [3.8, 4) is 23.7 Å². The van der Waals surface area contributed by atoms with E-state index in [0.717, 1.165) is 36.8 Å². The van der Waals surface area contributed by atoms with Gasteiger partial charge in [0.25, 0.3) is 0 Å². The van der Waals surface area contributed by atoms with Gasteiger partial charge in [0.15, 0.2) is 6.10 Å². The van der Waals surface area contributed by atoms with Crippen molar-refractivity contribution >= 4 is 12.0 Å². The quantitative estimate of drug-likeness (QED) is 0.662. The number of carbonyl (C=O) groups excluding carboxylic acids is 1. The van der Waals surface area contributed by atoms with Crippen molar-refractivity contribution in [1.29, 1.82) is 0 Å². The molecule has 0 aromatic heterocycles. The van der Waals surface area contributed by atoms with Crippen LogP contribution >= 0.6 is 0 Å². The molecule has 1 aliphatic rings. The fraction of sp³-hybridized carbons (Fsp3) is 0.381. The van der Waals surface area contributed by atoms with Crippen molar-refractivity contribution in [3.63, 3.8) is 0 Å². The number of hydrogen-bond acceptors (Lipinski definition) is 4. The van der Waals surface area contributed by atoms with Crippen LogP contribution in [0.5, 0.6) is 0 Å². The first kappa shape index (κ1) is 18.8. The maximum atomic E-state index is 11.9. The molecule has 4 heteroatoms. The number of aliphatic hydroxyl groups excluding tert-OH is 1. The Bertz CT molecular complexity index is 740. The van der Waals surface area contributed by atoms with Gasteiger partial charge in [-0.15, -0.1) is 0 Å². The second-order valence-corrected chi connectivity index (χ2v) is 5.59. The van der Waals surface area contributed by atoms with Gasteiger partial charge < -0.3 is 14.6 Å². The number of esters is 1. The van der Waals surface area contributed by atoms with Gasteiger partial charge in [0, 0.05) is 20.0 Å². The monoisotopic (exact) mass is 338 g/mol. The minimum absolute atomic E-state index is 0.0762. The Morgan fingerprint density at radius 3 is 2.80 bits per heavy atom. The zero-order valence-corrected chi connectivity index (χ0v) is 14.4. The maximum absolute atomic E-state index is 11.9. The molecule has 0 spiro atoms. The predicted molar refractivity (Wildman–Crippen MR) is 96.1 cm³/mol. The molecule has 4 nitrogen and oxygen atoms in total. The van der Waals surface area contributed by atoms with Gasteiger partial charge in [-0.2, -0.15) is 0 Å². The smallest absolute Gasteiger partial charge is 0.333 e. The summed E-state index contributed by atoms with van der Waals surface area (Å²) >= 11 is 0. The summed E-state index contributed by atoms with van der Waals surface area (Å²) in [6.45, 7) is -0.209. The highest BCUT2D eigenvalue weighted by atomic mass is 16.6. The van der Waals surface area contributed by atoms with Crippen LogP contribution in [0, 0.1) is 23.7 Å². The average Bonchev–Trinajstić information content (AvgIpc) is 2.62. The van der Waals surface area contributed by atoms with E-state index in [2.05, 4.69) is 23.7 Å². The molecule has 25 heavy (non-hydrogen) atoms. The van der Waals surface area contributed by atoms with Crippen LogP contribution in [0.2, 0.25) is 0 Å². The predicted octanol–water partition coefficient (Wildman–Crippen LogP) is 2.70. The fourth-order valence-electron chi connectivity index (χ4n) is 2.37. The van der Waals surface area contributed by atoms with Gasteiger partial charge in [-0.1, -0.05) is 47.9 Å². The standard InChI is InChI=1S/C21H22O4/c1-24-16-21(23)25-20-13-7-5-3-2-4-6-11-18(20)14-17-10-8-9-12-19(17)15-22/h8-10,12,14,20,22H,2-5,15-16H2,1H3/b18-14-. The molecule has 0 radical (unpaired) electrons. The normalized spacial score (nSPS) is 18.5. The minimum Gasteiger partial charge on any atom is -0.442 e. The van der Waals surface area contributed by atoms with E-state index < -0.39 is 12.1 Å². The molecule has 0 amide bonds. The third-order valence-corrected chi connectivity index (χ3v) is 3.65. The molecule has 0 saturated heterocycles. The summed E-state index contributed by atoms with van der Waals surface area (Å²) in [6, 6.07) is 7.48. The Morgan fingerprint density at radius 1 is 1.28 bits per heavy atom. The largest absolute Gasteiger partial charge is 0.442 e. The molecule has 0 aliphatic heterocycles. The van der Waals surface area contributed by atoms with E-state index in [1.807, 2.05) is 30.3 Å². The first-order valence-corrected chi connectivity index (χ1v) is 8.30. The summed E-state index contributed by atoms with van der Waals surface area (Å²) in [5.41, 5.74) is 2.23. The Kier molecular flexibility index (Phi) is 7.79. The molecule has 1 aliphatic carbocycles. The Hall–Kier alpha value is -2.53. The van der Waals surface area contributed by atoms with Crippen LogP contribution in [0.4, 0.5) is 0 Å². The van der Waals surface area contributed by atoms with Crippen molar-refractivity contribution in [2.75, 3.05) is 13.7 Å². The molecule has 1 unspecified atom stereocenters. The zero-order chi connectivity index (χ0) is 17.9. The van der Waals surface area contributed by atoms with Gasteiger partial charge >= 0.3 is 5.97 Å². The van der Waals surface area contributed by atoms with E-state index in [1.54, 1.807) is 0 Å². The van der Waals surface area contributed by atoms with E-state index in [0.29, 0.717) is 5.57 Å². The van der Waals surface area contributed by atoms with Crippen molar-refractivity contribution in [3.05, 3.63) is 41.0 Å². The van der Waals surface area contributed by atoms with Crippen LogP contribution in [0.15, 0.2) is 29.8 Å². The lowest BCUT2D eigenvalue weighted by atomic mass is 10.0. The Balaban J connectivity index is 2.40. The van der Waals surface area contributed by atoms with Gasteiger partial charge in [-0.3, -0.25) is 0 Å². The molecule has 0 saturated carbocycles. The minimum atomic E-state index is -0.736. The Labute approximate surface area is 148 Å². The molecule has 1 aromatic carbocycles. The zero-order valence-electron chi connectivity index (χ0n) is 14.4. The summed E-state index contributed by atoms with van der Waals surface area (Å²) in [5, 5.41) is 9.52. The third kappa shape index (κ3) is 6.12. The molecular weight excluding hydrogens is 316 g/mol. The van der Waals surface area contributed by atoms with Gasteiger partial charge in [0.2, 0.25) is 0 Å². The number of carbonyl (C=O) groups is 1. The Morgan fingerprint density at radius 2 is 2.04 bits per heavy atom. The summed E-state index contributed by atoms with van der Waals surface area (Å²) in [6.07, 6.45) is 4.60. The number of ether oxygens (including phenoxy) is 2. The van der Waals surface area contributed by atoms with E-state index >= 15 is 0 Å². The molecule has 130 valence electrons. The summed E-state index contributed by atoms with van der Waals surface area (Å²) in [7, 11) is 1.44. The summed E-state index contributed by atoms with van der Waals surface area (Å²) in [4.78, 5) is 11.9. The number of benzene rings is 1. The van der Waals surface area contributed by atoms with Gasteiger partial charge in [-0.25, -0.2) is 4.79 Å². The lowest BCUT2D eigenvalue weighted by Crippen LogP contribution is -2.21. The van der Waals surface area contributed by atoms with Crippen molar-refractivity contribution in [2.45, 2.75) is 38.4 Å². The van der Waals surface area contributed by atoms with E-state index in [-0.39, 0.29) is 13.2 Å². The number of methoxy groups -OCH3 is 1. The van der Waals surface area contributed by atoms with Gasteiger partial charge in [0.05, 0.1) is 12.2 Å². The summed E-state index contributed by atoms with van der Waals surface area (Å²) < 4.78 is 10.3. The third-order valence-electron chi connectivity index (χ3n) is 3.65. The molecule has 1 N–H and O–H groups in total. The number of hydrogen-bond donors (Lipinski definition) is 1. The fourth-order valence-corrected chi connectivity index (χ4v) is 2.37. The first-order valence-electron chi connectivity index (χ1n) is 8.30. The summed E-state index contributed by atoms with van der Waals surface area (Å²) in [5.74, 6) is 11.8. The van der Waals surface area contributed by atoms with Crippen LogP contribution in [-0.4, -0.2) is 30.9 Å². The topological polar surface area (TPSA) is 55.8 Å². The molecular formula is C21H22O4. The second-order valence-electron chi connectivity index (χ2n) is 5.59. The highest BCUT2D eigenvalue weighted by molar-refractivity contribution is 5.73. The van der Waals surface area contributed by atoms with Crippen LogP contribution in [0.25, 0.3) is 6.08 Å². The number of rotatable bonds is 5. The van der Waals surface area contributed by atoms with Crippen molar-refractivity contribution in [1.82, 2.24) is 0 Å². The van der Waals surface area contributed by atoms with E-state index in [1.165, 1.54) is 7.11 Å². The van der Waals surface area contributed by atoms with Gasteiger partial charge in [0.1, 0.15) is 6.61 Å². The molecule has 0 fully saturated rings. The molecule has 2 rings (SSSR count). The molecule has 0 bridgehead atoms. The van der Waals surface area contributed by atoms with Gasteiger partial charge in [-0.05, 0) is 30.0 Å². The van der Waals surface area contributed by atoms with E-state index in [4.69, 9.17) is 9.47 Å². The van der Waals surface area contributed by atoms with Crippen molar-refractivity contribution < 1.29 is 19.4 Å². The van der Waals surface area contributed by atoms with Crippen LogP contribution < -0.4 is 0 Å².